The average molecular weight is 720 g/mol. The highest BCUT2D eigenvalue weighted by Crippen LogP contribution is 2.33. The van der Waals surface area contributed by atoms with Crippen LogP contribution >= 0.6 is 0 Å². The summed E-state index contributed by atoms with van der Waals surface area (Å²) in [6.45, 7) is 0. The fourth-order valence-electron chi connectivity index (χ4n) is 7.94. The average Bonchev–Trinajstić information content (AvgIpc) is 3.27. The van der Waals surface area contributed by atoms with E-state index in [0.717, 1.165) is 22.3 Å². The van der Waals surface area contributed by atoms with Gasteiger partial charge in [-0.25, -0.2) is 15.0 Å². The lowest BCUT2D eigenvalue weighted by Crippen LogP contribution is -2.51. The molecule has 22 radical (unpaired) electrons. The van der Waals surface area contributed by atoms with Gasteiger partial charge in [0, 0.05) is 16.7 Å². The molecule has 1 heterocycles. The zero-order valence-corrected chi connectivity index (χ0v) is 31.6. The van der Waals surface area contributed by atoms with E-state index in [4.69, 9.17) is 101 Å². The van der Waals surface area contributed by atoms with E-state index in [1.165, 1.54) is 0 Å². The van der Waals surface area contributed by atoms with E-state index in [1.807, 2.05) is 97.1 Å². The Morgan fingerprint density at radius 2 is 0.542 bits per heavy atom. The Kier molecular flexibility index (Phi) is 9.74. The Balaban J connectivity index is 1.29. The van der Waals surface area contributed by atoms with Gasteiger partial charge in [-0.2, -0.15) is 0 Å². The van der Waals surface area contributed by atoms with E-state index in [1.54, 1.807) is 0 Å². The minimum absolute atomic E-state index is 0.0534. The van der Waals surface area contributed by atoms with E-state index in [2.05, 4.69) is 12.1 Å². The monoisotopic (exact) mass is 721 g/mol. The van der Waals surface area contributed by atoms with Gasteiger partial charge in [0.25, 0.3) is 0 Å². The lowest BCUT2D eigenvalue weighted by atomic mass is 9.58. The van der Waals surface area contributed by atoms with Crippen molar-refractivity contribution >= 4 is 179 Å². The van der Waals surface area contributed by atoms with Crippen LogP contribution in [0.3, 0.4) is 0 Å². The van der Waals surface area contributed by atoms with Gasteiger partial charge in [-0.3, -0.25) is 0 Å². The first-order valence-electron chi connectivity index (χ1n) is 18.5. The van der Waals surface area contributed by atoms with E-state index >= 15 is 0 Å². The molecule has 59 heavy (non-hydrogen) atoms. The van der Waals surface area contributed by atoms with Gasteiger partial charge in [-0.1, -0.05) is 141 Å². The Hall–Kier alpha value is -5.74. The van der Waals surface area contributed by atoms with Crippen molar-refractivity contribution in [2.75, 3.05) is 0 Å². The first-order chi connectivity index (χ1) is 28.4. The van der Waals surface area contributed by atoms with E-state index in [0.29, 0.717) is 66.5 Å². The number of benzene rings is 8. The van der Waals surface area contributed by atoms with Crippen LogP contribution in [0.5, 0.6) is 0 Å². The van der Waals surface area contributed by atoms with Crippen molar-refractivity contribution in [2.24, 2.45) is 0 Å². The largest absolute Gasteiger partial charge is 0.208 e. The minimum Gasteiger partial charge on any atom is -0.208 e. The topological polar surface area (TPSA) is 38.7 Å². The Bertz CT molecular complexity index is 3170. The van der Waals surface area contributed by atoms with Crippen molar-refractivity contribution in [2.45, 2.75) is 0 Å². The van der Waals surface area contributed by atoms with Gasteiger partial charge in [0.1, 0.15) is 86.3 Å². The van der Waals surface area contributed by atoms with Crippen LogP contribution in [0.4, 0.5) is 0 Å². The van der Waals surface area contributed by atoms with Crippen LogP contribution in [0.1, 0.15) is 0 Å². The Morgan fingerprint density at radius 1 is 0.237 bits per heavy atom. The van der Waals surface area contributed by atoms with Crippen LogP contribution in [0.15, 0.2) is 109 Å². The van der Waals surface area contributed by atoms with Crippen molar-refractivity contribution in [3.63, 3.8) is 0 Å². The molecule has 14 heteroatoms. The normalized spacial score (nSPS) is 11.5. The van der Waals surface area contributed by atoms with Crippen molar-refractivity contribution in [3.8, 4) is 56.4 Å². The molecule has 0 N–H and O–H groups in total. The molecule has 0 unspecified atom stereocenters. The molecule has 9 rings (SSSR count). The summed E-state index contributed by atoms with van der Waals surface area (Å²) in [7, 11) is 73.6. The summed E-state index contributed by atoms with van der Waals surface area (Å²) in [5.74, 6) is 1.41. The summed E-state index contributed by atoms with van der Waals surface area (Å²) in [5, 5.41) is 2.08. The molecule has 0 aliphatic carbocycles. The number of hydrogen-bond donors (Lipinski definition) is 0. The third-order valence-electron chi connectivity index (χ3n) is 11.0. The molecule has 0 fully saturated rings. The molecule has 8 aromatic carbocycles. The highest BCUT2D eigenvalue weighted by molar-refractivity contribution is 6.75. The quantitative estimate of drug-likeness (QED) is 0.159. The second-order valence-corrected chi connectivity index (χ2v) is 14.4. The second kappa shape index (κ2) is 14.8. The van der Waals surface area contributed by atoms with Crippen LogP contribution in [0, 0.1) is 0 Å². The molecule has 0 amide bonds. The maximum Gasteiger partial charge on any atom is 0.164 e. The zero-order valence-electron chi connectivity index (χ0n) is 31.6. The van der Waals surface area contributed by atoms with Gasteiger partial charge in [0.2, 0.25) is 0 Å². The highest BCUT2D eigenvalue weighted by atomic mass is 15.0. The molecular weight excluding hydrogens is 701 g/mol. The molecular formula is C45H18B11N3. The first-order valence-corrected chi connectivity index (χ1v) is 18.5. The van der Waals surface area contributed by atoms with Crippen molar-refractivity contribution < 1.29 is 0 Å². The van der Waals surface area contributed by atoms with E-state index in [-0.39, 0.29) is 60.1 Å². The number of aromatic nitrogens is 3. The number of nitrogens with zero attached hydrogens (tertiary/aromatic N) is 3. The second-order valence-electron chi connectivity index (χ2n) is 14.4. The first kappa shape index (κ1) is 38.8. The standard InChI is InChI=1S/C45H18B11N3/c46-32-25(33(47)34(48)27-26(32)28-30(37(51)41(55)39(53)35(28)49)31-29(27)36(50)40(54)42(56)38(31)52)23-12-7-13-24(18-23)45-58-43(21-10-5-2-6-11-21)57-44(59-45)22-16-14-20(15-17-22)19-8-3-1-4-9-19/h1-18H. The van der Waals surface area contributed by atoms with Gasteiger partial charge < -0.3 is 0 Å². The Labute approximate surface area is 357 Å². The molecule has 0 aliphatic heterocycles. The lowest BCUT2D eigenvalue weighted by molar-refractivity contribution is 1.07. The van der Waals surface area contributed by atoms with E-state index in [9.17, 15) is 0 Å². The summed E-state index contributed by atoms with van der Waals surface area (Å²) in [6, 6.07) is 35.5. The van der Waals surface area contributed by atoms with Crippen LogP contribution in [0.25, 0.3) is 88.7 Å². The summed E-state index contributed by atoms with van der Waals surface area (Å²) >= 11 is 0. The molecule has 0 saturated heterocycles. The molecule has 3 nitrogen and oxygen atoms in total. The molecule has 0 bridgehead atoms. The molecule has 9 aromatic rings. The highest BCUT2D eigenvalue weighted by Gasteiger charge is 2.24. The summed E-state index contributed by atoms with van der Waals surface area (Å²) < 4.78 is 0. The summed E-state index contributed by atoms with van der Waals surface area (Å²) in [4.78, 5) is 14.8. The maximum atomic E-state index is 7.21. The number of fused-ring (bicyclic) bond motifs is 6. The van der Waals surface area contributed by atoms with Gasteiger partial charge in [-0.15, -0.1) is 21.9 Å². The van der Waals surface area contributed by atoms with Gasteiger partial charge in [0.15, 0.2) is 17.5 Å². The molecule has 0 saturated carbocycles. The fourth-order valence-corrected chi connectivity index (χ4v) is 7.94. The molecule has 1 aromatic heterocycles. The summed E-state index contributed by atoms with van der Waals surface area (Å²) in [6.07, 6.45) is 0. The van der Waals surface area contributed by atoms with Crippen LogP contribution in [-0.4, -0.2) is 101 Å². The Morgan fingerprint density at radius 3 is 1.00 bits per heavy atom. The SMILES string of the molecule is [B]c1c([B])c([B])c2c(c1[B])c1c([B])c([B])c([B])c([B])c1c1c([B])c(-c3cccc(-c4nc(-c5ccccc5)nc(-c5ccc(-c6ccccc6)cc5)n4)c3)c([B])c([B])c21. The molecule has 246 valence electrons. The minimum atomic E-state index is 0.0534. The smallest absolute Gasteiger partial charge is 0.164 e. The molecule has 0 spiro atoms. The van der Waals surface area contributed by atoms with Crippen molar-refractivity contribution in [3.05, 3.63) is 109 Å². The van der Waals surface area contributed by atoms with Gasteiger partial charge in [-0.05, 0) is 60.6 Å². The van der Waals surface area contributed by atoms with Crippen LogP contribution < -0.4 is 60.1 Å². The molecule has 0 aliphatic rings. The van der Waals surface area contributed by atoms with Gasteiger partial charge >= 0.3 is 0 Å². The summed E-state index contributed by atoms with van der Waals surface area (Å²) in [5.41, 5.74) is 6.61. The maximum absolute atomic E-state index is 7.21. The number of hydrogen-bond acceptors (Lipinski definition) is 3. The van der Waals surface area contributed by atoms with Crippen LogP contribution in [0.2, 0.25) is 0 Å². The zero-order chi connectivity index (χ0) is 41.4. The third-order valence-corrected chi connectivity index (χ3v) is 11.0. The van der Waals surface area contributed by atoms with Crippen molar-refractivity contribution in [1.29, 1.82) is 0 Å². The number of rotatable bonds is 5. The van der Waals surface area contributed by atoms with Crippen molar-refractivity contribution in [1.82, 2.24) is 15.0 Å². The lowest BCUT2D eigenvalue weighted by Gasteiger charge is -2.29. The van der Waals surface area contributed by atoms with E-state index < -0.39 is 0 Å². The predicted molar refractivity (Wildman–Crippen MR) is 259 cm³/mol. The third kappa shape index (κ3) is 6.17. The van der Waals surface area contributed by atoms with Gasteiger partial charge in [0.05, 0.1) is 0 Å². The van der Waals surface area contributed by atoms with Crippen LogP contribution in [-0.2, 0) is 0 Å². The molecule has 0 atom stereocenters. The predicted octanol–water partition coefficient (Wildman–Crippen LogP) is -1.60. The fraction of sp³-hybridized carbons (Fsp3) is 0.